The molecule has 0 aliphatic heterocycles. The zero-order valence-corrected chi connectivity index (χ0v) is 16.0. The monoisotopic (exact) mass is 350 g/mol. The number of amides is 2. The summed E-state index contributed by atoms with van der Waals surface area (Å²) < 4.78 is 0. The SMILES string of the molecule is CCCCC(CC)CNC(=O)C(C)Sc1ccc(NC(C)=O)cc1. The summed E-state index contributed by atoms with van der Waals surface area (Å²) in [4.78, 5) is 24.3. The van der Waals surface area contributed by atoms with Crippen LogP contribution in [0.4, 0.5) is 5.69 Å². The van der Waals surface area contributed by atoms with Gasteiger partial charge in [-0.3, -0.25) is 9.59 Å². The molecule has 2 atom stereocenters. The van der Waals surface area contributed by atoms with Crippen LogP contribution in [0.2, 0.25) is 0 Å². The highest BCUT2D eigenvalue weighted by Gasteiger charge is 2.15. The molecule has 1 rings (SSSR count). The number of nitrogens with one attached hydrogen (secondary N) is 2. The molecule has 0 bridgehead atoms. The zero-order chi connectivity index (χ0) is 17.9. The van der Waals surface area contributed by atoms with Gasteiger partial charge >= 0.3 is 0 Å². The van der Waals surface area contributed by atoms with Gasteiger partial charge in [0.1, 0.15) is 0 Å². The number of rotatable bonds is 10. The van der Waals surface area contributed by atoms with Crippen LogP contribution in [0.15, 0.2) is 29.2 Å². The topological polar surface area (TPSA) is 58.2 Å². The molecule has 134 valence electrons. The van der Waals surface area contributed by atoms with Crippen LogP contribution >= 0.6 is 11.8 Å². The average Bonchev–Trinajstić information content (AvgIpc) is 2.56. The summed E-state index contributed by atoms with van der Waals surface area (Å²) in [5.41, 5.74) is 0.769. The second-order valence-electron chi connectivity index (χ2n) is 6.13. The van der Waals surface area contributed by atoms with Crippen molar-refractivity contribution in [1.82, 2.24) is 5.32 Å². The lowest BCUT2D eigenvalue weighted by molar-refractivity contribution is -0.120. The molecule has 1 aromatic rings. The van der Waals surface area contributed by atoms with Crippen molar-refractivity contribution < 1.29 is 9.59 Å². The summed E-state index contributed by atoms with van der Waals surface area (Å²) in [6.45, 7) is 8.55. The predicted molar refractivity (Wildman–Crippen MR) is 102 cm³/mol. The van der Waals surface area contributed by atoms with Crippen LogP contribution in [0, 0.1) is 5.92 Å². The summed E-state index contributed by atoms with van der Waals surface area (Å²) in [7, 11) is 0. The van der Waals surface area contributed by atoms with E-state index in [1.807, 2.05) is 31.2 Å². The van der Waals surface area contributed by atoms with Crippen molar-refractivity contribution in [1.29, 1.82) is 0 Å². The fourth-order valence-electron chi connectivity index (χ4n) is 2.41. The van der Waals surface area contributed by atoms with Gasteiger partial charge in [-0.15, -0.1) is 11.8 Å². The Hall–Kier alpha value is -1.49. The number of anilines is 1. The van der Waals surface area contributed by atoms with Crippen molar-refractivity contribution in [2.24, 2.45) is 5.92 Å². The van der Waals surface area contributed by atoms with E-state index in [1.165, 1.54) is 37.9 Å². The second-order valence-corrected chi connectivity index (χ2v) is 7.54. The van der Waals surface area contributed by atoms with Crippen LogP contribution in [-0.4, -0.2) is 23.6 Å². The van der Waals surface area contributed by atoms with Gasteiger partial charge in [0.25, 0.3) is 0 Å². The number of thioether (sulfide) groups is 1. The molecule has 0 aliphatic carbocycles. The Morgan fingerprint density at radius 1 is 1.17 bits per heavy atom. The van der Waals surface area contributed by atoms with Crippen molar-refractivity contribution in [2.75, 3.05) is 11.9 Å². The molecule has 0 heterocycles. The largest absolute Gasteiger partial charge is 0.355 e. The van der Waals surface area contributed by atoms with E-state index >= 15 is 0 Å². The minimum Gasteiger partial charge on any atom is -0.355 e. The van der Waals surface area contributed by atoms with Crippen molar-refractivity contribution in [3.8, 4) is 0 Å². The maximum absolute atomic E-state index is 12.3. The molecule has 0 saturated carbocycles. The number of carbonyl (C=O) groups excluding carboxylic acids is 2. The molecule has 0 spiro atoms. The van der Waals surface area contributed by atoms with Crippen molar-refractivity contribution >= 4 is 29.3 Å². The number of benzene rings is 1. The van der Waals surface area contributed by atoms with Crippen LogP contribution in [-0.2, 0) is 9.59 Å². The molecule has 24 heavy (non-hydrogen) atoms. The lowest BCUT2D eigenvalue weighted by atomic mass is 9.99. The van der Waals surface area contributed by atoms with Gasteiger partial charge in [-0.25, -0.2) is 0 Å². The van der Waals surface area contributed by atoms with Crippen molar-refractivity contribution in [3.63, 3.8) is 0 Å². The fraction of sp³-hybridized carbons (Fsp3) is 0.579. The molecule has 4 nitrogen and oxygen atoms in total. The summed E-state index contributed by atoms with van der Waals surface area (Å²) in [5.74, 6) is 0.570. The van der Waals surface area contributed by atoms with Gasteiger partial charge in [0.2, 0.25) is 11.8 Å². The fourth-order valence-corrected chi connectivity index (χ4v) is 3.30. The molecular weight excluding hydrogens is 320 g/mol. The van der Waals surface area contributed by atoms with Crippen LogP contribution in [0.1, 0.15) is 53.4 Å². The Balaban J connectivity index is 2.44. The number of unbranched alkanes of at least 4 members (excludes halogenated alkanes) is 1. The molecule has 2 unspecified atom stereocenters. The second kappa shape index (κ2) is 11.1. The van der Waals surface area contributed by atoms with E-state index < -0.39 is 0 Å². The molecule has 0 fully saturated rings. The highest BCUT2D eigenvalue weighted by molar-refractivity contribution is 8.00. The smallest absolute Gasteiger partial charge is 0.233 e. The van der Waals surface area contributed by atoms with E-state index in [9.17, 15) is 9.59 Å². The summed E-state index contributed by atoms with van der Waals surface area (Å²) in [5, 5.41) is 5.68. The molecule has 0 aliphatic rings. The first-order valence-electron chi connectivity index (χ1n) is 8.78. The number of hydrogen-bond donors (Lipinski definition) is 2. The Labute approximate surface area is 150 Å². The summed E-state index contributed by atoms with van der Waals surface area (Å²) >= 11 is 1.53. The number of carbonyl (C=O) groups is 2. The van der Waals surface area contributed by atoms with Gasteiger partial charge in [-0.2, -0.15) is 0 Å². The van der Waals surface area contributed by atoms with E-state index in [0.29, 0.717) is 5.92 Å². The van der Waals surface area contributed by atoms with Gasteiger partial charge in [-0.05, 0) is 43.5 Å². The van der Waals surface area contributed by atoms with Gasteiger partial charge in [-0.1, -0.05) is 33.1 Å². The molecule has 0 saturated heterocycles. The average molecular weight is 351 g/mol. The standard InChI is InChI=1S/C19H30N2O2S/c1-5-7-8-16(6-2)13-20-19(23)14(3)24-18-11-9-17(10-12-18)21-15(4)22/h9-12,14,16H,5-8,13H2,1-4H3,(H,20,23)(H,21,22). The normalized spacial score (nSPS) is 13.2. The van der Waals surface area contributed by atoms with Crippen LogP contribution in [0.25, 0.3) is 0 Å². The van der Waals surface area contributed by atoms with Gasteiger partial charge < -0.3 is 10.6 Å². The third-order valence-corrected chi connectivity index (χ3v) is 5.08. The van der Waals surface area contributed by atoms with Crippen molar-refractivity contribution in [2.45, 2.75) is 63.5 Å². The van der Waals surface area contributed by atoms with E-state index in [4.69, 9.17) is 0 Å². The van der Waals surface area contributed by atoms with E-state index in [0.717, 1.165) is 23.5 Å². The Morgan fingerprint density at radius 2 is 1.83 bits per heavy atom. The third-order valence-electron chi connectivity index (χ3n) is 3.97. The molecule has 2 N–H and O–H groups in total. The van der Waals surface area contributed by atoms with Gasteiger partial charge in [0.05, 0.1) is 5.25 Å². The van der Waals surface area contributed by atoms with Crippen molar-refractivity contribution in [3.05, 3.63) is 24.3 Å². The molecule has 0 radical (unpaired) electrons. The summed E-state index contributed by atoms with van der Waals surface area (Å²) in [6, 6.07) is 7.56. The lowest BCUT2D eigenvalue weighted by Gasteiger charge is -2.17. The first-order valence-corrected chi connectivity index (χ1v) is 9.66. The highest BCUT2D eigenvalue weighted by Crippen LogP contribution is 2.25. The maximum atomic E-state index is 12.3. The first-order chi connectivity index (χ1) is 11.5. The van der Waals surface area contributed by atoms with E-state index in [1.54, 1.807) is 0 Å². The molecule has 5 heteroatoms. The molecule has 2 amide bonds. The minimum atomic E-state index is -0.139. The Bertz CT molecular complexity index is 517. The number of hydrogen-bond acceptors (Lipinski definition) is 3. The third kappa shape index (κ3) is 7.86. The quantitative estimate of drug-likeness (QED) is 0.613. The van der Waals surface area contributed by atoms with Crippen LogP contribution < -0.4 is 10.6 Å². The summed E-state index contributed by atoms with van der Waals surface area (Å²) in [6.07, 6.45) is 4.70. The Morgan fingerprint density at radius 3 is 2.38 bits per heavy atom. The van der Waals surface area contributed by atoms with E-state index in [2.05, 4.69) is 24.5 Å². The maximum Gasteiger partial charge on any atom is 0.233 e. The first kappa shape index (κ1) is 20.6. The lowest BCUT2D eigenvalue weighted by Crippen LogP contribution is -2.34. The predicted octanol–water partition coefficient (Wildman–Crippen LogP) is 4.46. The molecular formula is C19H30N2O2S. The zero-order valence-electron chi connectivity index (χ0n) is 15.2. The molecule has 1 aromatic carbocycles. The van der Waals surface area contributed by atoms with Crippen LogP contribution in [0.5, 0.6) is 0 Å². The minimum absolute atomic E-state index is 0.0842. The molecule has 0 aromatic heterocycles. The van der Waals surface area contributed by atoms with Crippen LogP contribution in [0.3, 0.4) is 0 Å². The highest BCUT2D eigenvalue weighted by atomic mass is 32.2. The van der Waals surface area contributed by atoms with E-state index in [-0.39, 0.29) is 17.1 Å². The van der Waals surface area contributed by atoms with Gasteiger partial charge in [0.15, 0.2) is 0 Å². The Kier molecular flexibility index (Phi) is 9.53. The van der Waals surface area contributed by atoms with Gasteiger partial charge in [0, 0.05) is 24.1 Å².